The molecule has 1 unspecified atom stereocenters. The fourth-order valence-corrected chi connectivity index (χ4v) is 3.71. The van der Waals surface area contributed by atoms with E-state index in [9.17, 15) is 12.8 Å². The number of nitrogens with one attached hydrogen (secondary N) is 1. The molecule has 0 radical (unpaired) electrons. The van der Waals surface area contributed by atoms with Crippen molar-refractivity contribution in [1.82, 2.24) is 0 Å². The van der Waals surface area contributed by atoms with Crippen molar-refractivity contribution < 1.29 is 12.8 Å². The van der Waals surface area contributed by atoms with Gasteiger partial charge >= 0.3 is 0 Å². The molecule has 1 fully saturated rings. The molecule has 1 aliphatic heterocycles. The minimum absolute atomic E-state index is 0.0422. The molecule has 1 heterocycles. The van der Waals surface area contributed by atoms with E-state index in [4.69, 9.17) is 17.3 Å². The van der Waals surface area contributed by atoms with E-state index in [1.807, 2.05) is 0 Å². The average molecular weight is 279 g/mol. The van der Waals surface area contributed by atoms with Crippen molar-refractivity contribution in [2.45, 2.75) is 12.5 Å². The second-order valence-corrected chi connectivity index (χ2v) is 6.76. The average Bonchev–Trinajstić information content (AvgIpc) is 2.54. The van der Waals surface area contributed by atoms with Crippen LogP contribution in [0.2, 0.25) is 5.02 Å². The van der Waals surface area contributed by atoms with Gasteiger partial charge in [-0.25, -0.2) is 12.8 Å². The van der Waals surface area contributed by atoms with Gasteiger partial charge in [0.25, 0.3) is 0 Å². The van der Waals surface area contributed by atoms with Crippen molar-refractivity contribution >= 4 is 32.8 Å². The van der Waals surface area contributed by atoms with E-state index >= 15 is 0 Å². The number of benzene rings is 1. The molecule has 0 aliphatic carbocycles. The van der Waals surface area contributed by atoms with E-state index in [1.54, 1.807) is 0 Å². The lowest BCUT2D eigenvalue weighted by atomic mass is 10.2. The Labute approximate surface area is 104 Å². The summed E-state index contributed by atoms with van der Waals surface area (Å²) in [5, 5.41) is 3.14. The Morgan fingerprint density at radius 1 is 1.47 bits per heavy atom. The number of anilines is 2. The summed E-state index contributed by atoms with van der Waals surface area (Å²) in [6.45, 7) is 0. The molecule has 17 heavy (non-hydrogen) atoms. The molecule has 1 aliphatic rings. The third kappa shape index (κ3) is 2.81. The molecule has 0 saturated carbocycles. The lowest BCUT2D eigenvalue weighted by molar-refractivity contribution is 0.602. The van der Waals surface area contributed by atoms with Gasteiger partial charge in [0.1, 0.15) is 5.82 Å². The number of halogens is 2. The fourth-order valence-electron chi connectivity index (χ4n) is 1.83. The van der Waals surface area contributed by atoms with Crippen molar-refractivity contribution in [2.75, 3.05) is 22.6 Å². The van der Waals surface area contributed by atoms with Gasteiger partial charge in [0.15, 0.2) is 9.84 Å². The van der Waals surface area contributed by atoms with Crippen LogP contribution in [0.25, 0.3) is 0 Å². The van der Waals surface area contributed by atoms with Crippen LogP contribution in [0.5, 0.6) is 0 Å². The van der Waals surface area contributed by atoms with Crippen LogP contribution < -0.4 is 11.1 Å². The van der Waals surface area contributed by atoms with Crippen molar-refractivity contribution in [3.63, 3.8) is 0 Å². The molecular weight excluding hydrogens is 267 g/mol. The zero-order chi connectivity index (χ0) is 12.6. The Morgan fingerprint density at radius 3 is 2.76 bits per heavy atom. The van der Waals surface area contributed by atoms with Gasteiger partial charge in [-0.2, -0.15) is 0 Å². The monoisotopic (exact) mass is 278 g/mol. The molecule has 3 N–H and O–H groups in total. The molecule has 0 bridgehead atoms. The molecule has 4 nitrogen and oxygen atoms in total. The number of rotatable bonds is 2. The van der Waals surface area contributed by atoms with E-state index in [0.717, 1.165) is 6.07 Å². The van der Waals surface area contributed by atoms with Crippen LogP contribution in [-0.4, -0.2) is 26.0 Å². The van der Waals surface area contributed by atoms with Crippen LogP contribution in [0.1, 0.15) is 6.42 Å². The Morgan fingerprint density at radius 2 is 2.18 bits per heavy atom. The van der Waals surface area contributed by atoms with Gasteiger partial charge in [-0.15, -0.1) is 0 Å². The molecule has 1 aromatic rings. The summed E-state index contributed by atoms with van der Waals surface area (Å²) < 4.78 is 35.9. The van der Waals surface area contributed by atoms with Crippen LogP contribution in [0, 0.1) is 5.82 Å². The van der Waals surface area contributed by atoms with Gasteiger partial charge in [-0.05, 0) is 18.6 Å². The third-order valence-corrected chi connectivity index (χ3v) is 4.67. The van der Waals surface area contributed by atoms with Crippen LogP contribution in [0.4, 0.5) is 15.8 Å². The van der Waals surface area contributed by atoms with E-state index in [0.29, 0.717) is 12.1 Å². The van der Waals surface area contributed by atoms with E-state index in [-0.39, 0.29) is 28.3 Å². The number of nitrogen functional groups attached to an aromatic ring is 1. The number of sulfone groups is 1. The molecule has 7 heteroatoms. The van der Waals surface area contributed by atoms with Crippen LogP contribution in [0.15, 0.2) is 12.1 Å². The molecule has 1 saturated heterocycles. The molecule has 1 aromatic carbocycles. The van der Waals surface area contributed by atoms with E-state index < -0.39 is 15.7 Å². The summed E-state index contributed by atoms with van der Waals surface area (Å²) in [5.74, 6) is -0.422. The Hall–Kier alpha value is -1.01. The summed E-state index contributed by atoms with van der Waals surface area (Å²) in [4.78, 5) is 0. The topological polar surface area (TPSA) is 72.2 Å². The van der Waals surface area contributed by atoms with Gasteiger partial charge in [0.05, 0.1) is 22.9 Å². The minimum Gasteiger partial charge on any atom is -0.395 e. The predicted octanol–water partition coefficient (Wildman–Crippen LogP) is 1.66. The summed E-state index contributed by atoms with van der Waals surface area (Å²) in [6, 6.07) is 2.37. The molecule has 0 aromatic heterocycles. The van der Waals surface area contributed by atoms with Crippen LogP contribution in [0.3, 0.4) is 0 Å². The zero-order valence-corrected chi connectivity index (χ0v) is 10.5. The smallest absolute Gasteiger partial charge is 0.152 e. The fraction of sp³-hybridized carbons (Fsp3) is 0.400. The largest absolute Gasteiger partial charge is 0.395 e. The van der Waals surface area contributed by atoms with Crippen molar-refractivity contribution in [3.8, 4) is 0 Å². The van der Waals surface area contributed by atoms with Gasteiger partial charge in [-0.1, -0.05) is 11.6 Å². The number of hydrogen-bond donors (Lipinski definition) is 2. The summed E-state index contributed by atoms with van der Waals surface area (Å²) in [5.41, 5.74) is 5.85. The highest BCUT2D eigenvalue weighted by atomic mass is 35.5. The minimum atomic E-state index is -2.98. The summed E-state index contributed by atoms with van der Waals surface area (Å²) in [6.07, 6.45) is 0.496. The third-order valence-electron chi connectivity index (χ3n) is 2.69. The van der Waals surface area contributed by atoms with Crippen molar-refractivity contribution in [1.29, 1.82) is 0 Å². The van der Waals surface area contributed by atoms with Gasteiger partial charge in [0.2, 0.25) is 0 Å². The van der Waals surface area contributed by atoms with Gasteiger partial charge < -0.3 is 11.1 Å². The Kier molecular flexibility index (Phi) is 3.18. The first-order valence-corrected chi connectivity index (χ1v) is 7.29. The molecular formula is C10H12ClFN2O2S. The van der Waals surface area contributed by atoms with Crippen molar-refractivity contribution in [2.24, 2.45) is 0 Å². The maximum atomic E-state index is 13.3. The second-order valence-electron chi connectivity index (χ2n) is 4.09. The number of nitrogens with two attached hydrogens (primary N) is 1. The normalized spacial score (nSPS) is 22.6. The molecule has 1 atom stereocenters. The standard InChI is InChI=1S/C10H12ClFN2O2S/c11-6-3-8(12)10(13)9(4-6)14-7-1-2-17(15,16)5-7/h3-4,7,14H,1-2,5,13H2. The molecule has 94 valence electrons. The highest BCUT2D eigenvalue weighted by Crippen LogP contribution is 2.28. The molecule has 0 spiro atoms. The van der Waals surface area contributed by atoms with Gasteiger partial charge in [-0.3, -0.25) is 0 Å². The Bertz CT molecular complexity index is 547. The van der Waals surface area contributed by atoms with E-state index in [2.05, 4.69) is 5.32 Å². The molecule has 2 rings (SSSR count). The lowest BCUT2D eigenvalue weighted by Crippen LogP contribution is -2.21. The van der Waals surface area contributed by atoms with Gasteiger partial charge in [0, 0.05) is 11.1 Å². The van der Waals surface area contributed by atoms with Crippen LogP contribution >= 0.6 is 11.6 Å². The summed E-state index contributed by atoms with van der Waals surface area (Å²) in [7, 11) is -2.98. The molecule has 0 amide bonds. The van der Waals surface area contributed by atoms with Crippen LogP contribution in [-0.2, 0) is 9.84 Å². The summed E-state index contributed by atoms with van der Waals surface area (Å²) >= 11 is 5.71. The first-order valence-electron chi connectivity index (χ1n) is 5.09. The second kappa shape index (κ2) is 4.34. The highest BCUT2D eigenvalue weighted by Gasteiger charge is 2.28. The maximum Gasteiger partial charge on any atom is 0.152 e. The quantitative estimate of drug-likeness (QED) is 0.807. The van der Waals surface area contributed by atoms with Crippen molar-refractivity contribution in [3.05, 3.63) is 23.0 Å². The zero-order valence-electron chi connectivity index (χ0n) is 8.91. The van der Waals surface area contributed by atoms with E-state index in [1.165, 1.54) is 6.07 Å². The number of hydrogen-bond acceptors (Lipinski definition) is 4. The first-order chi connectivity index (χ1) is 7.87. The SMILES string of the molecule is Nc1c(F)cc(Cl)cc1NC1CCS(=O)(=O)C1. The maximum absolute atomic E-state index is 13.3. The lowest BCUT2D eigenvalue weighted by Gasteiger charge is -2.15. The first kappa shape index (κ1) is 12.4. The predicted molar refractivity (Wildman–Crippen MR) is 66.5 cm³/mol. The highest BCUT2D eigenvalue weighted by molar-refractivity contribution is 7.91. The Balaban J connectivity index is 2.20.